The van der Waals surface area contributed by atoms with Crippen LogP contribution in [0.15, 0.2) is 238 Å². The smallest absolute Gasteiger partial charge is 0.258 e. The van der Waals surface area contributed by atoms with E-state index in [1.165, 1.54) is 72.8 Å². The van der Waals surface area contributed by atoms with Gasteiger partial charge in [-0.15, -0.1) is 0 Å². The van der Waals surface area contributed by atoms with Gasteiger partial charge in [-0.2, -0.15) is 0 Å². The molecule has 10 rings (SSSR count). The predicted octanol–water partition coefficient (Wildman–Crippen LogP) is 12.7. The third-order valence-electron chi connectivity index (χ3n) is 14.2. The summed E-state index contributed by atoms with van der Waals surface area (Å²) in [5.74, 6) is 1.17. The zero-order chi connectivity index (χ0) is 57.5. The van der Waals surface area contributed by atoms with Gasteiger partial charge in [0, 0.05) is 29.7 Å². The largest absolute Gasteiger partial charge is 0.483 e. The summed E-state index contributed by atoms with van der Waals surface area (Å²) in [6, 6.07) is 54.0. The normalized spacial score (nSPS) is 14.0. The third-order valence-corrected chi connectivity index (χ3v) is 17.7. The molecule has 16 heteroatoms. The molecule has 0 aliphatic carbocycles. The van der Waals surface area contributed by atoms with Crippen molar-refractivity contribution in [1.82, 2.24) is 0 Å². The second-order valence-electron chi connectivity index (χ2n) is 20.8. The minimum absolute atomic E-state index is 0.0817. The summed E-state index contributed by atoms with van der Waals surface area (Å²) < 4.78 is 79.3. The molecule has 0 saturated heterocycles. The molecule has 0 fully saturated rings. The number of amides is 4. The van der Waals surface area contributed by atoms with Gasteiger partial charge in [-0.05, 0) is 196 Å². The highest BCUT2D eigenvalue weighted by atomic mass is 32.2. The van der Waals surface area contributed by atoms with Gasteiger partial charge in [0.15, 0.2) is 0 Å². The highest BCUT2D eigenvalue weighted by molar-refractivity contribution is 7.91. The molecule has 81 heavy (non-hydrogen) atoms. The monoisotopic (exact) mass is 1120 g/mol. The number of rotatable bonds is 18. The Bertz CT molecular complexity index is 3970. The van der Waals surface area contributed by atoms with E-state index in [-0.39, 0.29) is 19.6 Å². The lowest BCUT2D eigenvalue weighted by atomic mass is 9.77. The van der Waals surface area contributed by atoms with Crippen LogP contribution in [0.5, 0.6) is 34.5 Å². The van der Waals surface area contributed by atoms with Gasteiger partial charge in [0.25, 0.3) is 23.6 Å². The molecule has 0 saturated carbocycles. The summed E-state index contributed by atoms with van der Waals surface area (Å²) in [5.41, 5.74) is 2.65. The van der Waals surface area contributed by atoms with Crippen molar-refractivity contribution in [3.63, 3.8) is 0 Å². The molecule has 2 aliphatic heterocycles. The predicted molar refractivity (Wildman–Crippen MR) is 305 cm³/mol. The van der Waals surface area contributed by atoms with Crippen molar-refractivity contribution in [1.29, 1.82) is 0 Å². The Labute approximate surface area is 470 Å². The van der Waals surface area contributed by atoms with Crippen molar-refractivity contribution in [2.45, 2.75) is 77.7 Å². The number of ether oxygens (including phenoxy) is 4. The highest BCUT2D eigenvalue weighted by Crippen LogP contribution is 2.38. The maximum atomic E-state index is 13.7. The molecule has 0 N–H and O–H groups in total. The Morgan fingerprint density at radius 2 is 0.519 bits per heavy atom. The van der Waals surface area contributed by atoms with Gasteiger partial charge in [-0.25, -0.2) is 26.6 Å². The molecule has 0 aromatic heterocycles. The van der Waals surface area contributed by atoms with Crippen LogP contribution in [0.1, 0.15) is 63.8 Å². The molecule has 8 aromatic rings. The minimum atomic E-state index is -3.88. The molecule has 0 radical (unpaired) electrons. The molecule has 14 nitrogen and oxygen atoms in total. The molecule has 0 spiro atoms. The Morgan fingerprint density at radius 1 is 0.296 bits per heavy atom. The Kier molecular flexibility index (Phi) is 14.5. The second-order valence-corrected chi connectivity index (χ2v) is 24.7. The Morgan fingerprint density at radius 3 is 0.827 bits per heavy atom. The van der Waals surface area contributed by atoms with Gasteiger partial charge in [0.1, 0.15) is 45.7 Å². The van der Waals surface area contributed by atoms with E-state index < -0.39 is 59.9 Å². The van der Waals surface area contributed by atoms with Crippen LogP contribution < -0.4 is 28.7 Å². The number of sulfone groups is 2. The fraction of sp³-hybridized carbons (Fsp3) is 0.138. The van der Waals surface area contributed by atoms with E-state index in [9.17, 15) is 36.0 Å². The molecule has 2 aliphatic rings. The van der Waals surface area contributed by atoms with Gasteiger partial charge in [0.05, 0.1) is 31.0 Å². The van der Waals surface area contributed by atoms with Crippen molar-refractivity contribution in [2.24, 2.45) is 0 Å². The zero-order valence-electron chi connectivity index (χ0n) is 44.9. The molecule has 4 amide bonds. The molecule has 408 valence electrons. The lowest BCUT2D eigenvalue weighted by Gasteiger charge is -2.30. The molecule has 0 bridgehead atoms. The number of imide groups is 2. The molecule has 0 atom stereocenters. The quantitative estimate of drug-likeness (QED) is 0.0743. The van der Waals surface area contributed by atoms with Crippen molar-refractivity contribution in [3.8, 4) is 34.5 Å². The van der Waals surface area contributed by atoms with Crippen LogP contribution in [0.3, 0.4) is 0 Å². The summed E-state index contributed by atoms with van der Waals surface area (Å²) in [6.07, 6.45) is 4.88. The van der Waals surface area contributed by atoms with Crippen LogP contribution in [-0.2, 0) is 55.5 Å². The SMILES string of the molecule is CC(C)(Oc1ccc(S(=O)(=O)c2ccc(Oc3ccc(C(C)(C)c4ccc(C(C)(C)Oc5ccc(S(=O)(=O)c6ccc(Oc7ccc(N8C(=O)C=CC8=O)cc7)cc6)cc5)cc4)cc3)cc2)cc1)c1ccc(N2C(=O)C=CC2=O)cc1. The summed E-state index contributed by atoms with van der Waals surface area (Å²) in [5, 5.41) is 0. The first-order valence-corrected chi connectivity index (χ1v) is 28.6. The van der Waals surface area contributed by atoms with E-state index in [0.29, 0.717) is 45.9 Å². The number of hydrogen-bond acceptors (Lipinski definition) is 12. The van der Waals surface area contributed by atoms with Crippen molar-refractivity contribution in [2.75, 3.05) is 9.80 Å². The number of carbonyl (C=O) groups excluding carboxylic acids is 4. The van der Waals surface area contributed by atoms with Gasteiger partial charge in [0.2, 0.25) is 19.7 Å². The highest BCUT2D eigenvalue weighted by Gasteiger charge is 2.30. The van der Waals surface area contributed by atoms with Crippen LogP contribution in [-0.4, -0.2) is 40.5 Å². The van der Waals surface area contributed by atoms with Crippen LogP contribution in [0, 0.1) is 0 Å². The molecular weight excluding hydrogens is 1060 g/mol. The average molecular weight is 1120 g/mol. The fourth-order valence-corrected chi connectivity index (χ4v) is 11.9. The topological polar surface area (TPSA) is 180 Å². The van der Waals surface area contributed by atoms with E-state index in [1.807, 2.05) is 64.1 Å². The van der Waals surface area contributed by atoms with Crippen molar-refractivity contribution >= 4 is 54.7 Å². The molecule has 0 unspecified atom stereocenters. The van der Waals surface area contributed by atoms with Crippen LogP contribution in [0.2, 0.25) is 0 Å². The van der Waals surface area contributed by atoms with Gasteiger partial charge >= 0.3 is 0 Å². The number of benzene rings is 8. The minimum Gasteiger partial charge on any atom is -0.483 e. The number of carbonyl (C=O) groups is 4. The van der Waals surface area contributed by atoms with E-state index in [2.05, 4.69) is 26.0 Å². The standard InChI is InChI=1S/C65H54N2O12S2/c1-63(2,43-7-9-45(10-8-43)64(3,4)78-53-27-35-57(36-28-53)81(74,75)56-33-25-52(26-34-56)77-50-21-17-48(18-22-50)67-61(70)41-42-62(67)71)44-13-19-49(20-14-44)76-51-23-31-55(32-24-51)80(72,73)58-37-29-54(30-38-58)79-65(5,6)46-11-15-47(16-12-46)66-59(68)39-40-60(66)69/h7-42H,1-6H3. The van der Waals surface area contributed by atoms with E-state index in [0.717, 1.165) is 32.1 Å². The number of hydrogen-bond donors (Lipinski definition) is 0. The Balaban J connectivity index is 0.713. The van der Waals surface area contributed by atoms with Crippen molar-refractivity contribution in [3.05, 3.63) is 241 Å². The lowest BCUT2D eigenvalue weighted by molar-refractivity contribution is -0.121. The van der Waals surface area contributed by atoms with Crippen LogP contribution in [0.25, 0.3) is 0 Å². The van der Waals surface area contributed by atoms with E-state index in [1.54, 1.807) is 97.1 Å². The number of nitrogens with zero attached hydrogens (tertiary/aromatic N) is 2. The summed E-state index contributed by atoms with van der Waals surface area (Å²) >= 11 is 0. The van der Waals surface area contributed by atoms with Crippen LogP contribution in [0.4, 0.5) is 11.4 Å². The van der Waals surface area contributed by atoms with Gasteiger partial charge < -0.3 is 18.9 Å². The molecule has 2 heterocycles. The van der Waals surface area contributed by atoms with E-state index in [4.69, 9.17) is 18.9 Å². The maximum absolute atomic E-state index is 13.7. The average Bonchev–Trinajstić information content (AvgIpc) is 3.98. The fourth-order valence-electron chi connectivity index (χ4n) is 9.38. The summed E-state index contributed by atoms with van der Waals surface area (Å²) in [4.78, 5) is 50.7. The maximum Gasteiger partial charge on any atom is 0.258 e. The summed E-state index contributed by atoms with van der Waals surface area (Å²) in [7, 11) is -7.75. The third kappa shape index (κ3) is 11.4. The van der Waals surface area contributed by atoms with Gasteiger partial charge in [-0.1, -0.05) is 62.4 Å². The molecule has 8 aromatic carbocycles. The molecular formula is C65H54N2O12S2. The zero-order valence-corrected chi connectivity index (χ0v) is 46.5. The van der Waals surface area contributed by atoms with E-state index >= 15 is 0 Å². The van der Waals surface area contributed by atoms with Gasteiger partial charge in [-0.3, -0.25) is 19.2 Å². The number of anilines is 2. The van der Waals surface area contributed by atoms with Crippen molar-refractivity contribution < 1.29 is 55.0 Å². The summed E-state index contributed by atoms with van der Waals surface area (Å²) in [6.45, 7) is 11.9. The lowest BCUT2D eigenvalue weighted by Crippen LogP contribution is -2.30. The first kappa shape index (κ1) is 55.0. The second kappa shape index (κ2) is 21.3. The first-order chi connectivity index (χ1) is 38.5. The Hall–Kier alpha value is -9.38. The van der Waals surface area contributed by atoms with Crippen LogP contribution >= 0.6 is 0 Å². The first-order valence-electron chi connectivity index (χ1n) is 25.7.